The fraction of sp³-hybridized carbons (Fsp3) is 0.400. The van der Waals surface area contributed by atoms with Crippen LogP contribution in [-0.4, -0.2) is 25.3 Å². The Bertz CT molecular complexity index is 762. The molecule has 0 amide bonds. The first kappa shape index (κ1) is 19.7. The highest BCUT2D eigenvalue weighted by Crippen LogP contribution is 2.40. The number of fused-ring (bicyclic) bond motifs is 1. The molecule has 0 saturated heterocycles. The van der Waals surface area contributed by atoms with E-state index in [0.717, 1.165) is 30.0 Å². The zero-order valence-electron chi connectivity index (χ0n) is 15.4. The fourth-order valence-electron chi connectivity index (χ4n) is 3.67. The van der Waals surface area contributed by atoms with Crippen molar-refractivity contribution >= 4 is 0 Å². The Labute approximate surface area is 157 Å². The lowest BCUT2D eigenvalue weighted by molar-refractivity contribution is -0.139. The van der Waals surface area contributed by atoms with Gasteiger partial charge in [0.05, 0.1) is 5.56 Å². The molecule has 2 unspecified atom stereocenters. The van der Waals surface area contributed by atoms with Crippen molar-refractivity contribution in [3.63, 3.8) is 0 Å². The molecule has 4 nitrogen and oxygen atoms in total. The molecule has 1 aliphatic rings. The minimum absolute atomic E-state index is 0.0652. The van der Waals surface area contributed by atoms with E-state index in [4.69, 9.17) is 4.74 Å². The van der Waals surface area contributed by atoms with Crippen LogP contribution in [0, 0.1) is 0 Å². The lowest BCUT2D eigenvalue weighted by atomic mass is 10.0. The standard InChI is InChI=1S/C20H24F3N3O/c1-24-26(25-2)15-12-11-14-7-3-4-8-16(14)19(13-15)27-18-10-6-5-9-17(18)20(21,22)23/h3-10,15,19,24-25H,11-13H2,1-2H3. The molecular weight excluding hydrogens is 355 g/mol. The van der Waals surface area contributed by atoms with Gasteiger partial charge in [0.2, 0.25) is 0 Å². The molecule has 1 aliphatic carbocycles. The predicted molar refractivity (Wildman–Crippen MR) is 97.9 cm³/mol. The van der Waals surface area contributed by atoms with Gasteiger partial charge in [0.1, 0.15) is 11.9 Å². The van der Waals surface area contributed by atoms with Gasteiger partial charge in [-0.1, -0.05) is 36.4 Å². The topological polar surface area (TPSA) is 36.5 Å². The Hall–Kier alpha value is -2.09. The van der Waals surface area contributed by atoms with Crippen LogP contribution in [0.4, 0.5) is 13.2 Å². The number of nitrogens with one attached hydrogen (secondary N) is 2. The number of hydrazine groups is 2. The SMILES string of the molecule is CNN(NC)C1CCc2ccccc2C(Oc2ccccc2C(F)(F)F)C1. The van der Waals surface area contributed by atoms with Gasteiger partial charge in [-0.2, -0.15) is 18.3 Å². The number of rotatable bonds is 5. The van der Waals surface area contributed by atoms with E-state index >= 15 is 0 Å². The number of hydrogen-bond acceptors (Lipinski definition) is 4. The molecule has 0 bridgehead atoms. The van der Waals surface area contributed by atoms with Crippen LogP contribution in [0.2, 0.25) is 0 Å². The second-order valence-electron chi connectivity index (χ2n) is 6.54. The number of para-hydroxylation sites is 1. The molecule has 0 saturated carbocycles. The molecule has 146 valence electrons. The van der Waals surface area contributed by atoms with E-state index < -0.39 is 17.8 Å². The molecule has 0 aromatic heterocycles. The van der Waals surface area contributed by atoms with Crippen LogP contribution in [0.1, 0.15) is 35.6 Å². The van der Waals surface area contributed by atoms with Gasteiger partial charge in [-0.15, -0.1) is 0 Å². The highest BCUT2D eigenvalue weighted by molar-refractivity contribution is 5.38. The van der Waals surface area contributed by atoms with Crippen molar-refractivity contribution in [2.24, 2.45) is 0 Å². The summed E-state index contributed by atoms with van der Waals surface area (Å²) in [6.45, 7) is 0. The summed E-state index contributed by atoms with van der Waals surface area (Å²) < 4.78 is 46.1. The number of hydrogen-bond donors (Lipinski definition) is 2. The van der Waals surface area contributed by atoms with E-state index in [1.54, 1.807) is 6.07 Å². The van der Waals surface area contributed by atoms with Gasteiger partial charge in [0.15, 0.2) is 0 Å². The quantitative estimate of drug-likeness (QED) is 0.606. The van der Waals surface area contributed by atoms with E-state index in [0.29, 0.717) is 6.42 Å². The van der Waals surface area contributed by atoms with Crippen molar-refractivity contribution < 1.29 is 17.9 Å². The second kappa shape index (κ2) is 8.29. The Kier molecular flexibility index (Phi) is 6.04. The van der Waals surface area contributed by atoms with Crippen LogP contribution < -0.4 is 15.6 Å². The van der Waals surface area contributed by atoms with E-state index in [1.807, 2.05) is 43.5 Å². The number of benzene rings is 2. The average Bonchev–Trinajstić information content (AvgIpc) is 2.83. The summed E-state index contributed by atoms with van der Waals surface area (Å²) in [6, 6.07) is 13.3. The van der Waals surface area contributed by atoms with Crippen LogP contribution in [0.25, 0.3) is 0 Å². The van der Waals surface area contributed by atoms with Crippen molar-refractivity contribution in [3.05, 3.63) is 65.2 Å². The smallest absolute Gasteiger partial charge is 0.419 e. The highest BCUT2D eigenvalue weighted by Gasteiger charge is 2.36. The molecule has 0 aliphatic heterocycles. The zero-order valence-corrected chi connectivity index (χ0v) is 15.4. The fourth-order valence-corrected chi connectivity index (χ4v) is 3.67. The molecular formula is C20H24F3N3O. The van der Waals surface area contributed by atoms with Crippen molar-refractivity contribution in [2.45, 2.75) is 37.6 Å². The number of ether oxygens (including phenoxy) is 1. The van der Waals surface area contributed by atoms with Crippen LogP contribution in [0.15, 0.2) is 48.5 Å². The molecule has 0 fully saturated rings. The third kappa shape index (κ3) is 4.43. The lowest BCUT2D eigenvalue weighted by Gasteiger charge is -2.31. The zero-order chi connectivity index (χ0) is 19.4. The molecule has 0 radical (unpaired) electrons. The summed E-state index contributed by atoms with van der Waals surface area (Å²) in [7, 11) is 3.62. The third-order valence-corrected chi connectivity index (χ3v) is 4.94. The van der Waals surface area contributed by atoms with Crippen molar-refractivity contribution in [2.75, 3.05) is 14.1 Å². The number of aryl methyl sites for hydroxylation is 1. The number of nitrogens with zero attached hydrogens (tertiary/aromatic N) is 1. The van der Waals surface area contributed by atoms with Crippen molar-refractivity contribution in [3.8, 4) is 5.75 Å². The normalized spacial score (nSPS) is 20.2. The molecule has 3 rings (SSSR count). The highest BCUT2D eigenvalue weighted by atomic mass is 19.4. The van der Waals surface area contributed by atoms with Gasteiger partial charge in [0, 0.05) is 26.6 Å². The lowest BCUT2D eigenvalue weighted by Crippen LogP contribution is -2.51. The van der Waals surface area contributed by atoms with Crippen LogP contribution in [0.5, 0.6) is 5.75 Å². The minimum atomic E-state index is -4.46. The Morgan fingerprint density at radius 1 is 1.00 bits per heavy atom. The van der Waals surface area contributed by atoms with Crippen LogP contribution in [0.3, 0.4) is 0 Å². The first-order chi connectivity index (χ1) is 12.9. The number of alkyl halides is 3. The average molecular weight is 379 g/mol. The van der Waals surface area contributed by atoms with Gasteiger partial charge in [-0.3, -0.25) is 0 Å². The number of halogens is 3. The summed E-state index contributed by atoms with van der Waals surface area (Å²) in [5.41, 5.74) is 7.48. The summed E-state index contributed by atoms with van der Waals surface area (Å²) in [5.74, 6) is -0.133. The maximum Gasteiger partial charge on any atom is 0.419 e. The maximum absolute atomic E-state index is 13.4. The molecule has 0 spiro atoms. The minimum Gasteiger partial charge on any atom is -0.485 e. The van der Waals surface area contributed by atoms with Gasteiger partial charge in [-0.25, -0.2) is 10.9 Å². The summed E-state index contributed by atoms with van der Waals surface area (Å²) in [6.07, 6.45) is -2.67. The first-order valence-electron chi connectivity index (χ1n) is 8.98. The molecule has 7 heteroatoms. The molecule has 2 aromatic rings. The van der Waals surface area contributed by atoms with Crippen molar-refractivity contribution in [1.82, 2.24) is 16.0 Å². The van der Waals surface area contributed by atoms with Gasteiger partial charge in [-0.05, 0) is 36.1 Å². The Morgan fingerprint density at radius 3 is 2.37 bits per heavy atom. The van der Waals surface area contributed by atoms with E-state index in [-0.39, 0.29) is 11.8 Å². The summed E-state index contributed by atoms with van der Waals surface area (Å²) in [4.78, 5) is 0. The third-order valence-electron chi connectivity index (χ3n) is 4.94. The molecule has 0 heterocycles. The van der Waals surface area contributed by atoms with Gasteiger partial charge < -0.3 is 4.74 Å². The molecule has 27 heavy (non-hydrogen) atoms. The van der Waals surface area contributed by atoms with Crippen molar-refractivity contribution in [1.29, 1.82) is 0 Å². The molecule has 2 atom stereocenters. The summed E-state index contributed by atoms with van der Waals surface area (Å²) >= 11 is 0. The predicted octanol–water partition coefficient (Wildman–Crippen LogP) is 4.10. The Morgan fingerprint density at radius 2 is 1.67 bits per heavy atom. The largest absolute Gasteiger partial charge is 0.485 e. The van der Waals surface area contributed by atoms with E-state index in [2.05, 4.69) is 10.9 Å². The maximum atomic E-state index is 13.4. The monoisotopic (exact) mass is 379 g/mol. The van der Waals surface area contributed by atoms with Crippen LogP contribution in [-0.2, 0) is 12.6 Å². The Balaban J connectivity index is 1.96. The first-order valence-corrected chi connectivity index (χ1v) is 8.98. The summed E-state index contributed by atoms with van der Waals surface area (Å²) in [5, 5.41) is 1.87. The molecule has 2 aromatic carbocycles. The van der Waals surface area contributed by atoms with E-state index in [1.165, 1.54) is 12.1 Å². The van der Waals surface area contributed by atoms with E-state index in [9.17, 15) is 13.2 Å². The molecule has 2 N–H and O–H groups in total. The van der Waals surface area contributed by atoms with Gasteiger partial charge >= 0.3 is 6.18 Å². The van der Waals surface area contributed by atoms with Gasteiger partial charge in [0.25, 0.3) is 0 Å². The second-order valence-corrected chi connectivity index (χ2v) is 6.54. The van der Waals surface area contributed by atoms with Crippen LogP contribution >= 0.6 is 0 Å².